The molecule has 0 aliphatic heterocycles. The predicted octanol–water partition coefficient (Wildman–Crippen LogP) is 3.17. The molecule has 0 saturated carbocycles. The van der Waals surface area contributed by atoms with Crippen LogP contribution in [-0.4, -0.2) is 34.0 Å². The van der Waals surface area contributed by atoms with E-state index in [0.717, 1.165) is 18.9 Å². The first-order valence-electron chi connectivity index (χ1n) is 6.75. The minimum Gasteiger partial charge on any atom is -0.502 e. The summed E-state index contributed by atoms with van der Waals surface area (Å²) in [5, 5.41) is 30.7. The SMILES string of the molecule is CCC(CC)C(O)CN=Cc1cc(Cl)cc([N+](=O)[O-])c1O. The van der Waals surface area contributed by atoms with Crippen molar-refractivity contribution in [3.8, 4) is 5.75 Å². The van der Waals surface area contributed by atoms with Gasteiger partial charge in [-0.1, -0.05) is 38.3 Å². The first kappa shape index (κ1) is 17.4. The lowest BCUT2D eigenvalue weighted by Crippen LogP contribution is -2.22. The lowest BCUT2D eigenvalue weighted by atomic mass is 9.97. The minimum atomic E-state index is -0.711. The van der Waals surface area contributed by atoms with E-state index in [1.807, 2.05) is 13.8 Å². The van der Waals surface area contributed by atoms with E-state index in [0.29, 0.717) is 0 Å². The highest BCUT2D eigenvalue weighted by atomic mass is 35.5. The molecule has 116 valence electrons. The molecule has 21 heavy (non-hydrogen) atoms. The highest BCUT2D eigenvalue weighted by Crippen LogP contribution is 2.32. The van der Waals surface area contributed by atoms with Gasteiger partial charge in [-0.25, -0.2) is 0 Å². The van der Waals surface area contributed by atoms with Gasteiger partial charge < -0.3 is 10.2 Å². The summed E-state index contributed by atoms with van der Waals surface area (Å²) in [4.78, 5) is 14.1. The molecule has 0 bridgehead atoms. The summed E-state index contributed by atoms with van der Waals surface area (Å²) in [6.45, 7) is 4.16. The molecule has 1 aromatic rings. The second-order valence-corrected chi connectivity index (χ2v) is 5.19. The number of hydrogen-bond donors (Lipinski definition) is 2. The van der Waals surface area contributed by atoms with E-state index in [9.17, 15) is 20.3 Å². The minimum absolute atomic E-state index is 0.140. The summed E-state index contributed by atoms with van der Waals surface area (Å²) in [7, 11) is 0. The van der Waals surface area contributed by atoms with Crippen molar-refractivity contribution in [2.45, 2.75) is 32.8 Å². The van der Waals surface area contributed by atoms with E-state index in [-0.39, 0.29) is 23.0 Å². The molecule has 0 aliphatic rings. The van der Waals surface area contributed by atoms with Crippen molar-refractivity contribution in [1.82, 2.24) is 0 Å². The summed E-state index contributed by atoms with van der Waals surface area (Å²) >= 11 is 5.78. The van der Waals surface area contributed by atoms with Crippen LogP contribution in [0.5, 0.6) is 5.75 Å². The van der Waals surface area contributed by atoms with E-state index < -0.39 is 22.5 Å². The fraction of sp³-hybridized carbons (Fsp3) is 0.500. The number of rotatable bonds is 7. The Labute approximate surface area is 128 Å². The summed E-state index contributed by atoms with van der Waals surface area (Å²) < 4.78 is 0. The van der Waals surface area contributed by atoms with Gasteiger partial charge in [0.05, 0.1) is 17.6 Å². The van der Waals surface area contributed by atoms with Crippen LogP contribution in [-0.2, 0) is 0 Å². The molecule has 6 nitrogen and oxygen atoms in total. The average Bonchev–Trinajstić information content (AvgIpc) is 2.43. The Morgan fingerprint density at radius 2 is 2.05 bits per heavy atom. The number of aromatic hydroxyl groups is 1. The molecule has 1 rings (SSSR count). The van der Waals surface area contributed by atoms with E-state index >= 15 is 0 Å². The van der Waals surface area contributed by atoms with E-state index in [1.165, 1.54) is 12.3 Å². The molecule has 0 aromatic heterocycles. The number of hydrogen-bond acceptors (Lipinski definition) is 5. The number of benzene rings is 1. The quantitative estimate of drug-likeness (QED) is 0.459. The predicted molar refractivity (Wildman–Crippen MR) is 82.3 cm³/mol. The van der Waals surface area contributed by atoms with Crippen LogP contribution >= 0.6 is 11.6 Å². The van der Waals surface area contributed by atoms with Crippen LogP contribution < -0.4 is 0 Å². The van der Waals surface area contributed by atoms with Crippen LogP contribution in [0.4, 0.5) is 5.69 Å². The van der Waals surface area contributed by atoms with Gasteiger partial charge in [0, 0.05) is 22.9 Å². The maximum absolute atomic E-state index is 10.8. The van der Waals surface area contributed by atoms with Crippen LogP contribution in [0, 0.1) is 16.0 Å². The van der Waals surface area contributed by atoms with Gasteiger partial charge in [-0.2, -0.15) is 0 Å². The number of aliphatic hydroxyl groups is 1. The number of nitro benzene ring substituents is 1. The zero-order valence-electron chi connectivity index (χ0n) is 12.0. The van der Waals surface area contributed by atoms with E-state index in [1.54, 1.807) is 0 Å². The molecule has 1 unspecified atom stereocenters. The zero-order valence-corrected chi connectivity index (χ0v) is 12.7. The van der Waals surface area contributed by atoms with Gasteiger partial charge in [-0.3, -0.25) is 15.1 Å². The highest BCUT2D eigenvalue weighted by molar-refractivity contribution is 6.31. The molecular weight excluding hydrogens is 296 g/mol. The lowest BCUT2D eigenvalue weighted by Gasteiger charge is -2.17. The third-order valence-electron chi connectivity index (χ3n) is 3.40. The van der Waals surface area contributed by atoms with Crippen molar-refractivity contribution in [2.75, 3.05) is 6.54 Å². The van der Waals surface area contributed by atoms with E-state index in [4.69, 9.17) is 11.6 Å². The third kappa shape index (κ3) is 4.68. The van der Waals surface area contributed by atoms with Crippen molar-refractivity contribution in [2.24, 2.45) is 10.9 Å². The van der Waals surface area contributed by atoms with E-state index in [2.05, 4.69) is 4.99 Å². The summed E-state index contributed by atoms with van der Waals surface area (Å²) in [5.41, 5.74) is -0.310. The molecule has 1 aromatic carbocycles. The van der Waals surface area contributed by atoms with Crippen molar-refractivity contribution < 1.29 is 15.1 Å². The Balaban J connectivity index is 2.88. The number of nitrogens with zero attached hydrogens (tertiary/aromatic N) is 2. The molecule has 2 N–H and O–H groups in total. The Hall–Kier alpha value is -1.66. The molecular formula is C14H19ClN2O4. The maximum atomic E-state index is 10.8. The fourth-order valence-electron chi connectivity index (χ4n) is 2.08. The van der Waals surface area contributed by atoms with Crippen LogP contribution in [0.1, 0.15) is 32.3 Å². The second-order valence-electron chi connectivity index (χ2n) is 4.76. The van der Waals surface area contributed by atoms with Crippen LogP contribution in [0.2, 0.25) is 5.02 Å². The van der Waals surface area contributed by atoms with Crippen molar-refractivity contribution in [3.05, 3.63) is 32.8 Å². The van der Waals surface area contributed by atoms with Crippen molar-refractivity contribution in [1.29, 1.82) is 0 Å². The highest BCUT2D eigenvalue weighted by Gasteiger charge is 2.18. The molecule has 1 atom stereocenters. The Morgan fingerprint density at radius 3 is 2.57 bits per heavy atom. The van der Waals surface area contributed by atoms with Crippen LogP contribution in [0.15, 0.2) is 17.1 Å². The van der Waals surface area contributed by atoms with Crippen LogP contribution in [0.3, 0.4) is 0 Å². The number of phenols is 1. The summed E-state index contributed by atoms with van der Waals surface area (Å²) in [5.74, 6) is -0.324. The smallest absolute Gasteiger partial charge is 0.312 e. The molecule has 0 heterocycles. The van der Waals surface area contributed by atoms with Gasteiger partial charge in [0.1, 0.15) is 0 Å². The van der Waals surface area contributed by atoms with Gasteiger partial charge in [0.15, 0.2) is 0 Å². The van der Waals surface area contributed by atoms with Crippen molar-refractivity contribution in [3.63, 3.8) is 0 Å². The molecule has 0 radical (unpaired) electrons. The Bertz CT molecular complexity index is 530. The van der Waals surface area contributed by atoms with Crippen LogP contribution in [0.25, 0.3) is 0 Å². The monoisotopic (exact) mass is 314 g/mol. The molecule has 0 amide bonds. The number of phenolic OH excluding ortho intramolecular Hbond substituents is 1. The first-order chi connectivity index (χ1) is 9.90. The Morgan fingerprint density at radius 1 is 1.43 bits per heavy atom. The summed E-state index contributed by atoms with van der Waals surface area (Å²) in [6, 6.07) is 2.46. The van der Waals surface area contributed by atoms with Gasteiger partial charge in [0.2, 0.25) is 5.75 Å². The standard InChI is InChI=1S/C14H19ClN2O4/c1-3-9(4-2)13(18)8-16-7-10-5-11(15)6-12(14(10)19)17(20)21/h5-7,9,13,18-19H,3-4,8H2,1-2H3. The van der Waals surface area contributed by atoms with Gasteiger partial charge in [0.25, 0.3) is 0 Å². The van der Waals surface area contributed by atoms with Gasteiger partial charge in [-0.15, -0.1) is 0 Å². The molecule has 0 fully saturated rings. The number of aliphatic imine (C=N–C) groups is 1. The fourth-order valence-corrected chi connectivity index (χ4v) is 2.30. The first-order valence-corrected chi connectivity index (χ1v) is 7.13. The number of nitro groups is 1. The van der Waals surface area contributed by atoms with Gasteiger partial charge >= 0.3 is 5.69 Å². The second kappa shape index (κ2) is 7.95. The molecule has 0 aliphatic carbocycles. The van der Waals surface area contributed by atoms with Crippen molar-refractivity contribution >= 4 is 23.5 Å². The molecule has 0 spiro atoms. The topological polar surface area (TPSA) is 96.0 Å². The normalized spacial score (nSPS) is 13.0. The number of halogens is 1. The Kier molecular flexibility index (Phi) is 6.58. The van der Waals surface area contributed by atoms with Gasteiger partial charge in [-0.05, 0) is 12.0 Å². The average molecular weight is 315 g/mol. The molecule has 7 heteroatoms. The maximum Gasteiger partial charge on any atom is 0.312 e. The molecule has 0 saturated heterocycles. The third-order valence-corrected chi connectivity index (χ3v) is 3.61. The lowest BCUT2D eigenvalue weighted by molar-refractivity contribution is -0.385. The number of aliphatic hydroxyl groups excluding tert-OH is 1. The summed E-state index contributed by atoms with van der Waals surface area (Å²) in [6.07, 6.45) is 2.41. The largest absolute Gasteiger partial charge is 0.502 e. The zero-order chi connectivity index (χ0) is 16.0.